The van der Waals surface area contributed by atoms with Gasteiger partial charge in [0.15, 0.2) is 5.92 Å². The highest BCUT2D eigenvalue weighted by Gasteiger charge is 2.44. The highest BCUT2D eigenvalue weighted by atomic mass is 19.4. The van der Waals surface area contributed by atoms with Gasteiger partial charge in [-0.15, -0.1) is 0 Å². The molecular formula is C22H21F3N2O6. The Morgan fingerprint density at radius 3 is 2.39 bits per heavy atom. The van der Waals surface area contributed by atoms with Crippen molar-refractivity contribution in [3.05, 3.63) is 59.2 Å². The maximum absolute atomic E-state index is 13.3. The molecule has 0 spiro atoms. The van der Waals surface area contributed by atoms with E-state index in [1.807, 2.05) is 0 Å². The van der Waals surface area contributed by atoms with Gasteiger partial charge in [0.25, 0.3) is 0 Å². The molecule has 1 aliphatic rings. The van der Waals surface area contributed by atoms with Crippen molar-refractivity contribution in [2.24, 2.45) is 5.92 Å². The first kappa shape index (κ1) is 24.1. The molecule has 1 aliphatic heterocycles. The smallest absolute Gasteiger partial charge is 0.416 e. The molecule has 2 aromatic rings. The fourth-order valence-corrected chi connectivity index (χ4v) is 3.53. The Labute approximate surface area is 186 Å². The molecule has 11 heteroatoms. The first-order chi connectivity index (χ1) is 15.5. The number of benzene rings is 2. The molecule has 0 aliphatic carbocycles. The zero-order valence-electron chi connectivity index (χ0n) is 17.5. The number of aliphatic carboxylic acids is 1. The highest BCUT2D eigenvalue weighted by molar-refractivity contribution is 6.12. The Kier molecular flexibility index (Phi) is 6.92. The van der Waals surface area contributed by atoms with Crippen LogP contribution in [0, 0.1) is 12.8 Å². The van der Waals surface area contributed by atoms with E-state index >= 15 is 0 Å². The van der Waals surface area contributed by atoms with Gasteiger partial charge < -0.3 is 14.9 Å². The first-order valence-corrected chi connectivity index (χ1v) is 9.89. The topological polar surface area (TPSA) is 107 Å². The molecule has 1 fully saturated rings. The first-order valence-electron chi connectivity index (χ1n) is 9.89. The second kappa shape index (κ2) is 9.49. The number of carboxylic acid groups (broad SMARTS) is 1. The Morgan fingerprint density at radius 2 is 1.82 bits per heavy atom. The molecule has 1 unspecified atom stereocenters. The summed E-state index contributed by atoms with van der Waals surface area (Å²) in [6.45, 7) is 0.155. The molecular weight excluding hydrogens is 445 g/mol. The third kappa shape index (κ3) is 5.08. The standard InChI is InChI=1S/C22H21F3N2O6/c1-13-14(3-2-4-18(13)22(23,24)25)11-27-19(29)17(20(30)31)12-26(21(27)32)15-5-7-16(8-6-15)33-10-9-28/h2-8,17,28H,9-12H2,1H3,(H,30,31). The Hall–Kier alpha value is -3.60. The second-order valence-corrected chi connectivity index (χ2v) is 7.36. The van der Waals surface area contributed by atoms with E-state index in [0.29, 0.717) is 10.6 Å². The molecule has 0 bridgehead atoms. The van der Waals surface area contributed by atoms with Crippen molar-refractivity contribution in [1.29, 1.82) is 0 Å². The Bertz CT molecular complexity index is 1060. The number of aliphatic hydroxyl groups excluding tert-OH is 1. The lowest BCUT2D eigenvalue weighted by atomic mass is 9.99. The molecule has 1 atom stereocenters. The van der Waals surface area contributed by atoms with Crippen LogP contribution in [0.1, 0.15) is 16.7 Å². The van der Waals surface area contributed by atoms with Crippen LogP contribution in [0.4, 0.5) is 23.7 Å². The van der Waals surface area contributed by atoms with Crippen LogP contribution >= 0.6 is 0 Å². The minimum atomic E-state index is -4.62. The zero-order chi connectivity index (χ0) is 24.3. The number of carbonyl (C=O) groups excluding carboxylic acids is 2. The number of urea groups is 1. The summed E-state index contributed by atoms with van der Waals surface area (Å²) in [5.41, 5.74) is -0.701. The van der Waals surface area contributed by atoms with Gasteiger partial charge in [-0.05, 0) is 48.4 Å². The van der Waals surface area contributed by atoms with Crippen LogP contribution in [-0.4, -0.2) is 52.8 Å². The van der Waals surface area contributed by atoms with Gasteiger partial charge in [0.05, 0.1) is 18.7 Å². The summed E-state index contributed by atoms with van der Waals surface area (Å²) in [5, 5.41) is 18.3. The van der Waals surface area contributed by atoms with Crippen LogP contribution in [0.5, 0.6) is 5.75 Å². The van der Waals surface area contributed by atoms with Crippen LogP contribution < -0.4 is 9.64 Å². The molecule has 1 heterocycles. The minimum absolute atomic E-state index is 0.0572. The van der Waals surface area contributed by atoms with Gasteiger partial charge in [0, 0.05) is 12.2 Å². The van der Waals surface area contributed by atoms with Crippen LogP contribution in [0.2, 0.25) is 0 Å². The monoisotopic (exact) mass is 466 g/mol. The number of alkyl halides is 3. The Balaban J connectivity index is 1.93. The summed E-state index contributed by atoms with van der Waals surface area (Å²) in [6.07, 6.45) is -4.62. The normalized spacial score (nSPS) is 16.8. The lowest BCUT2D eigenvalue weighted by Gasteiger charge is -2.37. The number of ether oxygens (including phenoxy) is 1. The number of anilines is 1. The van der Waals surface area contributed by atoms with E-state index in [1.165, 1.54) is 43.3 Å². The molecule has 0 radical (unpaired) electrons. The van der Waals surface area contributed by atoms with E-state index in [1.54, 1.807) is 0 Å². The predicted octanol–water partition coefficient (Wildman–Crippen LogP) is 3.05. The van der Waals surface area contributed by atoms with Gasteiger partial charge in [0.2, 0.25) is 5.91 Å². The second-order valence-electron chi connectivity index (χ2n) is 7.36. The highest BCUT2D eigenvalue weighted by Crippen LogP contribution is 2.34. The van der Waals surface area contributed by atoms with Crippen molar-refractivity contribution in [3.8, 4) is 5.75 Å². The Morgan fingerprint density at radius 1 is 1.15 bits per heavy atom. The lowest BCUT2D eigenvalue weighted by Crippen LogP contribution is -2.58. The maximum Gasteiger partial charge on any atom is 0.416 e. The molecule has 33 heavy (non-hydrogen) atoms. The van der Waals surface area contributed by atoms with Crippen LogP contribution in [-0.2, 0) is 22.3 Å². The fourth-order valence-electron chi connectivity index (χ4n) is 3.53. The summed E-state index contributed by atoms with van der Waals surface area (Å²) in [6, 6.07) is 8.54. The average Bonchev–Trinajstić information content (AvgIpc) is 2.75. The summed E-state index contributed by atoms with van der Waals surface area (Å²) in [5.74, 6) is -3.63. The maximum atomic E-state index is 13.3. The molecule has 3 amide bonds. The predicted molar refractivity (Wildman–Crippen MR) is 110 cm³/mol. The summed E-state index contributed by atoms with van der Waals surface area (Å²) in [4.78, 5) is 39.3. The molecule has 0 aromatic heterocycles. The van der Waals surface area contributed by atoms with Crippen molar-refractivity contribution in [2.45, 2.75) is 19.6 Å². The average molecular weight is 466 g/mol. The number of imide groups is 1. The van der Waals surface area contributed by atoms with Gasteiger partial charge >= 0.3 is 18.2 Å². The van der Waals surface area contributed by atoms with Crippen LogP contribution in [0.25, 0.3) is 0 Å². The number of carbonyl (C=O) groups is 3. The van der Waals surface area contributed by atoms with Crippen LogP contribution in [0.3, 0.4) is 0 Å². The largest absolute Gasteiger partial charge is 0.491 e. The quantitative estimate of drug-likeness (QED) is 0.608. The van der Waals surface area contributed by atoms with Gasteiger partial charge in [-0.2, -0.15) is 13.2 Å². The molecule has 3 rings (SSSR count). The third-order valence-electron chi connectivity index (χ3n) is 5.28. The molecule has 8 nitrogen and oxygen atoms in total. The van der Waals surface area contributed by atoms with E-state index in [-0.39, 0.29) is 30.0 Å². The van der Waals surface area contributed by atoms with E-state index in [9.17, 15) is 32.7 Å². The van der Waals surface area contributed by atoms with Crippen molar-refractivity contribution in [3.63, 3.8) is 0 Å². The van der Waals surface area contributed by atoms with Gasteiger partial charge in [-0.1, -0.05) is 12.1 Å². The van der Waals surface area contributed by atoms with E-state index in [0.717, 1.165) is 11.0 Å². The van der Waals surface area contributed by atoms with Crippen molar-refractivity contribution >= 4 is 23.6 Å². The van der Waals surface area contributed by atoms with Crippen molar-refractivity contribution in [1.82, 2.24) is 4.90 Å². The number of nitrogens with zero attached hydrogens (tertiary/aromatic N) is 2. The number of rotatable bonds is 7. The summed E-state index contributed by atoms with van der Waals surface area (Å²) < 4.78 is 45.0. The SMILES string of the molecule is Cc1c(CN2C(=O)C(C(=O)O)CN(c3ccc(OCCO)cc3)C2=O)cccc1C(F)(F)F. The number of hydrogen-bond acceptors (Lipinski definition) is 5. The summed E-state index contributed by atoms with van der Waals surface area (Å²) >= 11 is 0. The summed E-state index contributed by atoms with van der Waals surface area (Å²) in [7, 11) is 0. The van der Waals surface area contributed by atoms with E-state index in [2.05, 4.69) is 0 Å². The number of hydrogen-bond donors (Lipinski definition) is 2. The number of amides is 3. The molecule has 0 saturated carbocycles. The van der Waals surface area contributed by atoms with E-state index < -0.39 is 48.7 Å². The third-order valence-corrected chi connectivity index (χ3v) is 5.28. The van der Waals surface area contributed by atoms with Crippen LogP contribution in [0.15, 0.2) is 42.5 Å². The number of carboxylic acids is 1. The minimum Gasteiger partial charge on any atom is -0.491 e. The molecule has 1 saturated heterocycles. The van der Waals surface area contributed by atoms with E-state index in [4.69, 9.17) is 9.84 Å². The molecule has 2 aromatic carbocycles. The number of aliphatic hydroxyl groups is 1. The lowest BCUT2D eigenvalue weighted by molar-refractivity contribution is -0.150. The molecule has 2 N–H and O–H groups in total. The van der Waals surface area contributed by atoms with Gasteiger partial charge in [-0.25, -0.2) is 4.79 Å². The van der Waals surface area contributed by atoms with Crippen molar-refractivity contribution < 1.29 is 42.5 Å². The van der Waals surface area contributed by atoms with Gasteiger partial charge in [-0.3, -0.25) is 19.4 Å². The van der Waals surface area contributed by atoms with Crippen molar-refractivity contribution in [2.75, 3.05) is 24.7 Å². The fraction of sp³-hybridized carbons (Fsp3) is 0.318. The van der Waals surface area contributed by atoms with Gasteiger partial charge in [0.1, 0.15) is 12.4 Å². The zero-order valence-corrected chi connectivity index (χ0v) is 17.5. The number of halogens is 3. The molecule has 176 valence electrons.